The van der Waals surface area contributed by atoms with Crippen molar-refractivity contribution in [3.8, 4) is 17.3 Å². The Hall–Kier alpha value is -5.27. The number of aryl methyl sites for hydroxylation is 1. The molecule has 6 rings (SSSR count). The summed E-state index contributed by atoms with van der Waals surface area (Å²) in [6, 6.07) is 27.0. The Morgan fingerprint density at radius 2 is 1.82 bits per heavy atom. The molecule has 9 nitrogen and oxygen atoms in total. The molecule has 0 radical (unpaired) electrons. The van der Waals surface area contributed by atoms with Crippen molar-refractivity contribution < 1.29 is 4.92 Å². The van der Waals surface area contributed by atoms with Crippen LogP contribution in [0.5, 0.6) is 0 Å². The van der Waals surface area contributed by atoms with Gasteiger partial charge in [-0.05, 0) is 52.7 Å². The largest absolute Gasteiger partial charge is 0.311 e. The lowest BCUT2D eigenvalue weighted by molar-refractivity contribution is -0.387. The van der Waals surface area contributed by atoms with E-state index in [9.17, 15) is 15.4 Å². The second-order valence-corrected chi connectivity index (χ2v) is 9.75. The Morgan fingerprint density at radius 1 is 1.03 bits per heavy atom. The fraction of sp³-hybridized carbons (Fsp3) is 0.0345. The summed E-state index contributed by atoms with van der Waals surface area (Å²) in [6.07, 6.45) is 5.12. The number of nitro groups is 1. The Balaban J connectivity index is 1.47. The molecule has 39 heavy (non-hydrogen) atoms. The lowest BCUT2D eigenvalue weighted by atomic mass is 10.0. The van der Waals surface area contributed by atoms with Crippen molar-refractivity contribution >= 4 is 46.3 Å². The van der Waals surface area contributed by atoms with Gasteiger partial charge in [-0.25, -0.2) is 4.98 Å². The standard InChI is InChI=1S/C29H19N7O2S/c1-34-18-31-33-29(34)39-27-14-12-19(15-26(27)36(37)38)11-13-21-16-25(20-7-3-2-4-8-20)35-24-10-6-5-9-23(24)32-28(35)22(21)17-30/h2-16,18H,1H3/b13-11+. The number of hydrogen-bond donors (Lipinski definition) is 0. The highest BCUT2D eigenvalue weighted by Crippen LogP contribution is 2.35. The van der Waals surface area contributed by atoms with Crippen molar-refractivity contribution in [2.45, 2.75) is 10.1 Å². The van der Waals surface area contributed by atoms with E-state index < -0.39 is 4.92 Å². The maximum Gasteiger partial charge on any atom is 0.283 e. The second-order valence-electron chi connectivity index (χ2n) is 8.74. The molecule has 0 unspecified atom stereocenters. The summed E-state index contributed by atoms with van der Waals surface area (Å²) in [6.45, 7) is 0. The van der Waals surface area contributed by atoms with Crippen LogP contribution >= 0.6 is 11.8 Å². The number of nitriles is 1. The number of benzene rings is 3. The highest BCUT2D eigenvalue weighted by Gasteiger charge is 2.19. The van der Waals surface area contributed by atoms with Gasteiger partial charge in [-0.3, -0.25) is 14.5 Å². The molecule has 3 aromatic carbocycles. The van der Waals surface area contributed by atoms with E-state index >= 15 is 0 Å². The highest BCUT2D eigenvalue weighted by molar-refractivity contribution is 7.99. The van der Waals surface area contributed by atoms with Gasteiger partial charge in [0.25, 0.3) is 5.69 Å². The quantitative estimate of drug-likeness (QED) is 0.181. The lowest BCUT2D eigenvalue weighted by Crippen LogP contribution is -1.98. The van der Waals surface area contributed by atoms with Crippen LogP contribution in [0.4, 0.5) is 5.69 Å². The third-order valence-electron chi connectivity index (χ3n) is 6.29. The average molecular weight is 530 g/mol. The number of pyridine rings is 1. The fourth-order valence-electron chi connectivity index (χ4n) is 4.43. The molecule has 0 fully saturated rings. The maximum atomic E-state index is 11.9. The van der Waals surface area contributed by atoms with Gasteiger partial charge in [-0.1, -0.05) is 60.7 Å². The third-order valence-corrected chi connectivity index (χ3v) is 7.41. The number of para-hydroxylation sites is 2. The van der Waals surface area contributed by atoms with Gasteiger partial charge < -0.3 is 4.57 Å². The van der Waals surface area contributed by atoms with Crippen LogP contribution in [0.2, 0.25) is 0 Å². The number of hydrogen-bond acceptors (Lipinski definition) is 7. The van der Waals surface area contributed by atoms with E-state index in [0.717, 1.165) is 22.3 Å². The molecule has 0 bridgehead atoms. The van der Waals surface area contributed by atoms with Crippen LogP contribution in [0.3, 0.4) is 0 Å². The van der Waals surface area contributed by atoms with Gasteiger partial charge in [0.05, 0.1) is 26.5 Å². The van der Waals surface area contributed by atoms with Gasteiger partial charge in [0, 0.05) is 13.1 Å². The van der Waals surface area contributed by atoms with Crippen LogP contribution in [-0.4, -0.2) is 29.1 Å². The summed E-state index contributed by atoms with van der Waals surface area (Å²) in [5.41, 5.74) is 5.80. The van der Waals surface area contributed by atoms with Crippen LogP contribution < -0.4 is 0 Å². The minimum Gasteiger partial charge on any atom is -0.311 e. The molecule has 0 aliphatic heterocycles. The Kier molecular flexibility index (Phi) is 6.11. The van der Waals surface area contributed by atoms with Crippen LogP contribution in [-0.2, 0) is 7.05 Å². The van der Waals surface area contributed by atoms with Crippen molar-refractivity contribution in [2.75, 3.05) is 0 Å². The molecule has 3 heterocycles. The Morgan fingerprint density at radius 3 is 2.56 bits per heavy atom. The van der Waals surface area contributed by atoms with Crippen molar-refractivity contribution in [1.29, 1.82) is 5.26 Å². The number of aromatic nitrogens is 5. The predicted octanol–water partition coefficient (Wildman–Crippen LogP) is 6.38. The topological polar surface area (TPSA) is 115 Å². The first-order valence-corrected chi connectivity index (χ1v) is 12.7. The molecule has 0 spiro atoms. The van der Waals surface area contributed by atoms with E-state index in [1.807, 2.05) is 65.1 Å². The minimum absolute atomic E-state index is 0.0365. The molecule has 0 saturated heterocycles. The summed E-state index contributed by atoms with van der Waals surface area (Å²) < 4.78 is 3.70. The lowest BCUT2D eigenvalue weighted by Gasteiger charge is -2.11. The third kappa shape index (κ3) is 4.41. The van der Waals surface area contributed by atoms with Crippen molar-refractivity contribution in [1.82, 2.24) is 24.1 Å². The van der Waals surface area contributed by atoms with Gasteiger partial charge in [-0.2, -0.15) is 5.26 Å². The molecular weight excluding hydrogens is 510 g/mol. The smallest absolute Gasteiger partial charge is 0.283 e. The molecular formula is C29H19N7O2S. The molecule has 0 aliphatic rings. The molecule has 0 atom stereocenters. The molecule has 0 amide bonds. The van der Waals surface area contributed by atoms with Gasteiger partial charge in [0.2, 0.25) is 0 Å². The fourth-order valence-corrected chi connectivity index (χ4v) is 5.28. The molecule has 0 N–H and O–H groups in total. The van der Waals surface area contributed by atoms with Crippen LogP contribution in [0.15, 0.2) is 95.2 Å². The van der Waals surface area contributed by atoms with Crippen molar-refractivity contribution in [3.63, 3.8) is 0 Å². The summed E-state index contributed by atoms with van der Waals surface area (Å²) >= 11 is 1.18. The zero-order valence-corrected chi connectivity index (χ0v) is 21.4. The van der Waals surface area contributed by atoms with E-state index in [1.54, 1.807) is 42.2 Å². The summed E-state index contributed by atoms with van der Waals surface area (Å²) in [5.74, 6) is 0. The first-order chi connectivity index (χ1) is 19.0. The monoisotopic (exact) mass is 529 g/mol. The summed E-state index contributed by atoms with van der Waals surface area (Å²) in [5, 5.41) is 30.4. The normalized spacial score (nSPS) is 11.4. The number of imidazole rings is 1. The zero-order valence-electron chi connectivity index (χ0n) is 20.6. The summed E-state index contributed by atoms with van der Waals surface area (Å²) in [4.78, 5) is 16.7. The molecule has 6 aromatic rings. The van der Waals surface area contributed by atoms with Crippen molar-refractivity contribution in [3.05, 3.63) is 112 Å². The number of rotatable bonds is 6. The SMILES string of the molecule is Cn1cnnc1Sc1ccc(/C=C/c2cc(-c3ccccc3)n3c(nc4ccccc43)c2C#N)cc1[N+](=O)[O-]. The molecule has 0 saturated carbocycles. The molecule has 3 aromatic heterocycles. The summed E-state index contributed by atoms with van der Waals surface area (Å²) in [7, 11) is 1.78. The van der Waals surface area contributed by atoms with Gasteiger partial charge >= 0.3 is 0 Å². The Labute approximate surface area is 226 Å². The van der Waals surface area contributed by atoms with Crippen LogP contribution in [0.25, 0.3) is 40.1 Å². The first kappa shape index (κ1) is 24.1. The number of nitro benzene ring substituents is 1. The van der Waals surface area contributed by atoms with Crippen LogP contribution in [0, 0.1) is 21.4 Å². The van der Waals surface area contributed by atoms with E-state index in [1.165, 1.54) is 17.8 Å². The van der Waals surface area contributed by atoms with E-state index in [0.29, 0.717) is 32.4 Å². The van der Waals surface area contributed by atoms with Crippen molar-refractivity contribution in [2.24, 2.45) is 7.05 Å². The van der Waals surface area contributed by atoms with E-state index in [2.05, 4.69) is 16.3 Å². The minimum atomic E-state index is -0.410. The first-order valence-electron chi connectivity index (χ1n) is 11.9. The molecule has 0 aliphatic carbocycles. The highest BCUT2D eigenvalue weighted by atomic mass is 32.2. The van der Waals surface area contributed by atoms with Gasteiger partial charge in [0.15, 0.2) is 10.8 Å². The van der Waals surface area contributed by atoms with E-state index in [-0.39, 0.29) is 5.69 Å². The number of nitrogens with zero attached hydrogens (tertiary/aromatic N) is 7. The average Bonchev–Trinajstić information content (AvgIpc) is 3.55. The number of fused-ring (bicyclic) bond motifs is 3. The predicted molar refractivity (Wildman–Crippen MR) is 150 cm³/mol. The zero-order chi connectivity index (χ0) is 26.9. The maximum absolute atomic E-state index is 11.9. The second kappa shape index (κ2) is 9.89. The molecule has 10 heteroatoms. The van der Waals surface area contributed by atoms with Gasteiger partial charge in [0.1, 0.15) is 18.0 Å². The van der Waals surface area contributed by atoms with Gasteiger partial charge in [-0.15, -0.1) is 10.2 Å². The van der Waals surface area contributed by atoms with E-state index in [4.69, 9.17) is 4.98 Å². The molecule has 188 valence electrons. The van der Waals surface area contributed by atoms with Crippen LogP contribution in [0.1, 0.15) is 16.7 Å². The Bertz CT molecular complexity index is 1950.